The molecule has 0 aliphatic carbocycles. The summed E-state index contributed by atoms with van der Waals surface area (Å²) in [6.45, 7) is 0. The number of hydrogen-bond acceptors (Lipinski definition) is 4. The number of methoxy groups -OCH3 is 1. The standard InChI is InChI=1S/C11H7F4N3O2/c1-20-10(19)8-9(11(13,14)15)16-17-18(8)7-4-2-3-6(12)5-7/h2-5H,1H3. The fourth-order valence-corrected chi connectivity index (χ4v) is 1.54. The van der Waals surface area contributed by atoms with Gasteiger partial charge in [0.2, 0.25) is 5.69 Å². The largest absolute Gasteiger partial charge is 0.464 e. The highest BCUT2D eigenvalue weighted by atomic mass is 19.4. The lowest BCUT2D eigenvalue weighted by atomic mass is 10.2. The molecule has 106 valence electrons. The van der Waals surface area contributed by atoms with Crippen molar-refractivity contribution in [2.75, 3.05) is 7.11 Å². The quantitative estimate of drug-likeness (QED) is 0.628. The van der Waals surface area contributed by atoms with Crippen LogP contribution in [0.25, 0.3) is 5.69 Å². The first-order valence-electron chi connectivity index (χ1n) is 5.21. The van der Waals surface area contributed by atoms with Crippen LogP contribution in [0.15, 0.2) is 24.3 Å². The van der Waals surface area contributed by atoms with Crippen LogP contribution in [0.3, 0.4) is 0 Å². The number of hydrogen-bond donors (Lipinski definition) is 0. The van der Waals surface area contributed by atoms with Crippen molar-refractivity contribution in [3.63, 3.8) is 0 Å². The lowest BCUT2D eigenvalue weighted by Gasteiger charge is -2.07. The van der Waals surface area contributed by atoms with Crippen LogP contribution in [0.4, 0.5) is 17.6 Å². The third-order valence-corrected chi connectivity index (χ3v) is 2.37. The van der Waals surface area contributed by atoms with Crippen molar-refractivity contribution < 1.29 is 27.1 Å². The number of nitrogens with zero attached hydrogens (tertiary/aromatic N) is 3. The van der Waals surface area contributed by atoms with Crippen LogP contribution in [-0.2, 0) is 10.9 Å². The van der Waals surface area contributed by atoms with Gasteiger partial charge in [-0.25, -0.2) is 13.9 Å². The molecule has 0 spiro atoms. The Kier molecular flexibility index (Phi) is 3.43. The molecule has 2 aromatic rings. The molecule has 0 aliphatic rings. The van der Waals surface area contributed by atoms with E-state index in [1.54, 1.807) is 0 Å². The number of rotatable bonds is 2. The average molecular weight is 289 g/mol. The number of alkyl halides is 3. The molecule has 5 nitrogen and oxygen atoms in total. The molecular weight excluding hydrogens is 282 g/mol. The van der Waals surface area contributed by atoms with Crippen LogP contribution in [0, 0.1) is 5.82 Å². The predicted octanol–water partition coefficient (Wildman–Crippen LogP) is 2.21. The van der Waals surface area contributed by atoms with E-state index < -0.39 is 29.4 Å². The Morgan fingerprint density at radius 2 is 2.05 bits per heavy atom. The van der Waals surface area contributed by atoms with Gasteiger partial charge in [-0.2, -0.15) is 13.2 Å². The first-order valence-corrected chi connectivity index (χ1v) is 5.21. The average Bonchev–Trinajstić information content (AvgIpc) is 2.82. The fourth-order valence-electron chi connectivity index (χ4n) is 1.54. The molecule has 0 atom stereocenters. The topological polar surface area (TPSA) is 57.0 Å². The van der Waals surface area contributed by atoms with Crippen molar-refractivity contribution in [2.45, 2.75) is 6.18 Å². The van der Waals surface area contributed by atoms with Crippen LogP contribution < -0.4 is 0 Å². The van der Waals surface area contributed by atoms with Gasteiger partial charge in [-0.1, -0.05) is 11.3 Å². The predicted molar refractivity (Wildman–Crippen MR) is 57.7 cm³/mol. The first kappa shape index (κ1) is 14.0. The zero-order valence-electron chi connectivity index (χ0n) is 9.98. The summed E-state index contributed by atoms with van der Waals surface area (Å²) >= 11 is 0. The summed E-state index contributed by atoms with van der Waals surface area (Å²) in [4.78, 5) is 11.5. The van der Waals surface area contributed by atoms with Gasteiger partial charge in [0.15, 0.2) is 5.69 Å². The van der Waals surface area contributed by atoms with Gasteiger partial charge >= 0.3 is 12.1 Å². The smallest absolute Gasteiger partial charge is 0.437 e. The maximum absolute atomic E-state index is 13.1. The van der Waals surface area contributed by atoms with Crippen LogP contribution in [0.2, 0.25) is 0 Å². The highest BCUT2D eigenvalue weighted by molar-refractivity contribution is 5.89. The molecule has 0 unspecified atom stereocenters. The second-order valence-corrected chi connectivity index (χ2v) is 3.67. The maximum Gasteiger partial charge on any atom is 0.437 e. The first-order chi connectivity index (χ1) is 9.34. The van der Waals surface area contributed by atoms with E-state index in [9.17, 15) is 22.4 Å². The Morgan fingerprint density at radius 1 is 1.35 bits per heavy atom. The minimum absolute atomic E-state index is 0.0756. The Labute approximate surface area is 109 Å². The SMILES string of the molecule is COC(=O)c1c(C(F)(F)F)nnn1-c1cccc(F)c1. The van der Waals surface area contributed by atoms with Gasteiger partial charge in [-0.05, 0) is 18.2 Å². The van der Waals surface area contributed by atoms with Crippen molar-refractivity contribution in [3.8, 4) is 5.69 Å². The Balaban J connectivity index is 2.66. The van der Waals surface area contributed by atoms with Gasteiger partial charge < -0.3 is 4.74 Å². The summed E-state index contributed by atoms with van der Waals surface area (Å²) < 4.78 is 56.2. The molecule has 0 N–H and O–H groups in total. The fraction of sp³-hybridized carbons (Fsp3) is 0.182. The Morgan fingerprint density at radius 3 is 2.60 bits per heavy atom. The van der Waals surface area contributed by atoms with Gasteiger partial charge in [0.25, 0.3) is 0 Å². The lowest BCUT2D eigenvalue weighted by molar-refractivity contribution is -0.141. The minimum Gasteiger partial charge on any atom is -0.464 e. The van der Waals surface area contributed by atoms with Crippen molar-refractivity contribution in [3.05, 3.63) is 41.5 Å². The molecule has 0 radical (unpaired) electrons. The third kappa shape index (κ3) is 2.46. The molecule has 0 aliphatic heterocycles. The number of esters is 1. The summed E-state index contributed by atoms with van der Waals surface area (Å²) in [7, 11) is 0.922. The molecule has 2 rings (SSSR count). The lowest BCUT2D eigenvalue weighted by Crippen LogP contribution is -2.17. The van der Waals surface area contributed by atoms with E-state index in [0.29, 0.717) is 4.68 Å². The molecule has 0 fully saturated rings. The summed E-state index contributed by atoms with van der Waals surface area (Å²) in [6.07, 6.45) is -4.88. The van der Waals surface area contributed by atoms with Crippen LogP contribution in [0.1, 0.15) is 16.2 Å². The molecule has 1 heterocycles. The molecule has 0 saturated carbocycles. The molecule has 0 bridgehead atoms. The number of benzene rings is 1. The zero-order valence-corrected chi connectivity index (χ0v) is 9.98. The van der Waals surface area contributed by atoms with E-state index in [1.165, 1.54) is 12.1 Å². The summed E-state index contributed by atoms with van der Waals surface area (Å²) in [5, 5.41) is 6.17. The molecule has 1 aromatic carbocycles. The second kappa shape index (κ2) is 4.91. The Bertz CT molecular complexity index is 651. The van der Waals surface area contributed by atoms with Crippen LogP contribution in [-0.4, -0.2) is 28.1 Å². The summed E-state index contributed by atoms with van der Waals surface area (Å²) in [6, 6.07) is 4.56. The van der Waals surface area contributed by atoms with Gasteiger partial charge in [0.1, 0.15) is 5.82 Å². The highest BCUT2D eigenvalue weighted by Gasteiger charge is 2.41. The van der Waals surface area contributed by atoms with Crippen LogP contribution in [0.5, 0.6) is 0 Å². The Hall–Kier alpha value is -2.45. The monoisotopic (exact) mass is 289 g/mol. The van der Waals surface area contributed by atoms with E-state index in [4.69, 9.17) is 0 Å². The van der Waals surface area contributed by atoms with E-state index in [-0.39, 0.29) is 5.69 Å². The molecule has 0 saturated heterocycles. The zero-order chi connectivity index (χ0) is 14.9. The number of ether oxygens (including phenoxy) is 1. The van der Waals surface area contributed by atoms with Crippen molar-refractivity contribution in [1.82, 2.24) is 15.0 Å². The van der Waals surface area contributed by atoms with Crippen molar-refractivity contribution in [1.29, 1.82) is 0 Å². The van der Waals surface area contributed by atoms with Gasteiger partial charge in [0, 0.05) is 0 Å². The molecular formula is C11H7F4N3O2. The van der Waals surface area contributed by atoms with Crippen molar-refractivity contribution in [2.24, 2.45) is 0 Å². The molecule has 1 aromatic heterocycles. The minimum atomic E-state index is -4.88. The highest BCUT2D eigenvalue weighted by Crippen LogP contribution is 2.31. The second-order valence-electron chi connectivity index (χ2n) is 3.67. The summed E-state index contributed by atoms with van der Waals surface area (Å²) in [5.74, 6) is -1.96. The van der Waals surface area contributed by atoms with Crippen molar-refractivity contribution >= 4 is 5.97 Å². The van der Waals surface area contributed by atoms with E-state index in [0.717, 1.165) is 19.2 Å². The van der Waals surface area contributed by atoms with E-state index in [1.807, 2.05) is 0 Å². The number of aromatic nitrogens is 3. The van der Waals surface area contributed by atoms with Crippen LogP contribution >= 0.6 is 0 Å². The van der Waals surface area contributed by atoms with Gasteiger partial charge in [-0.3, -0.25) is 0 Å². The summed E-state index contributed by atoms with van der Waals surface area (Å²) in [5.41, 5.74) is -2.48. The normalized spacial score (nSPS) is 11.4. The van der Waals surface area contributed by atoms with Gasteiger partial charge in [-0.15, -0.1) is 5.10 Å². The molecule has 9 heteroatoms. The number of carbonyl (C=O) groups excluding carboxylic acids is 1. The number of halogens is 4. The van der Waals surface area contributed by atoms with E-state index in [2.05, 4.69) is 15.0 Å². The van der Waals surface area contributed by atoms with Gasteiger partial charge in [0.05, 0.1) is 12.8 Å². The molecule has 20 heavy (non-hydrogen) atoms. The number of carbonyl (C=O) groups is 1. The van der Waals surface area contributed by atoms with E-state index >= 15 is 0 Å². The maximum atomic E-state index is 13.1. The third-order valence-electron chi connectivity index (χ3n) is 2.37. The molecule has 0 amide bonds.